The minimum absolute atomic E-state index is 0.00449. The maximum Gasteiger partial charge on any atom is 0.310 e. The Morgan fingerprint density at radius 1 is 1.29 bits per heavy atom. The third kappa shape index (κ3) is 2.31. The molecule has 1 aliphatic rings. The van der Waals surface area contributed by atoms with Crippen molar-refractivity contribution in [1.82, 2.24) is 5.32 Å². The van der Waals surface area contributed by atoms with Gasteiger partial charge >= 0.3 is 5.97 Å². The number of rotatable bonds is 6. The molecule has 0 saturated carbocycles. The molecule has 0 aromatic carbocycles. The molecule has 1 amide bonds. The van der Waals surface area contributed by atoms with E-state index in [1.165, 1.54) is 0 Å². The minimum Gasteiger partial charge on any atom is -0.440 e. The lowest BCUT2D eigenvalue weighted by Crippen LogP contribution is -2.68. The highest BCUT2D eigenvalue weighted by atomic mass is 16.6. The van der Waals surface area contributed by atoms with Crippen LogP contribution in [-0.2, 0) is 14.3 Å². The first-order valence-corrected chi connectivity index (χ1v) is 6.57. The third-order valence-corrected chi connectivity index (χ3v) is 4.03. The molecule has 0 radical (unpaired) electrons. The van der Waals surface area contributed by atoms with Crippen molar-refractivity contribution >= 4 is 11.9 Å². The molecule has 0 aliphatic carbocycles. The van der Waals surface area contributed by atoms with Crippen LogP contribution in [0.2, 0.25) is 0 Å². The first-order chi connectivity index (χ1) is 8.05. The van der Waals surface area contributed by atoms with Crippen LogP contribution in [0.3, 0.4) is 0 Å². The first-order valence-electron chi connectivity index (χ1n) is 6.57. The van der Waals surface area contributed by atoms with Gasteiger partial charge in [-0.2, -0.15) is 0 Å². The highest BCUT2D eigenvalue weighted by molar-refractivity contribution is 5.90. The summed E-state index contributed by atoms with van der Waals surface area (Å²) in [5, 5.41) is 2.69. The second-order valence-electron chi connectivity index (χ2n) is 4.67. The van der Waals surface area contributed by atoms with Crippen LogP contribution >= 0.6 is 0 Å². The second-order valence-corrected chi connectivity index (χ2v) is 4.67. The van der Waals surface area contributed by atoms with Crippen molar-refractivity contribution in [2.24, 2.45) is 11.3 Å². The first kappa shape index (κ1) is 14.0. The molecule has 0 aromatic heterocycles. The molecule has 4 nitrogen and oxygen atoms in total. The van der Waals surface area contributed by atoms with Crippen LogP contribution in [-0.4, -0.2) is 18.1 Å². The Hall–Kier alpha value is -1.06. The number of ether oxygens (including phenoxy) is 1. The summed E-state index contributed by atoms with van der Waals surface area (Å²) < 4.78 is 5.43. The van der Waals surface area contributed by atoms with E-state index in [2.05, 4.69) is 5.32 Å². The zero-order valence-corrected chi connectivity index (χ0v) is 11.2. The van der Waals surface area contributed by atoms with E-state index in [4.69, 9.17) is 4.74 Å². The summed E-state index contributed by atoms with van der Waals surface area (Å²) in [6.07, 6.45) is 2.53. The number of hydrogen-bond acceptors (Lipinski definition) is 3. The van der Waals surface area contributed by atoms with Crippen LogP contribution in [0.1, 0.15) is 53.4 Å². The van der Waals surface area contributed by atoms with Crippen molar-refractivity contribution in [2.75, 3.05) is 0 Å². The minimum atomic E-state index is -0.498. The maximum absolute atomic E-state index is 11.9. The zero-order valence-electron chi connectivity index (χ0n) is 11.2. The maximum atomic E-state index is 11.9. The molecule has 0 spiro atoms. The lowest BCUT2D eigenvalue weighted by molar-refractivity contribution is -0.187. The molecule has 0 aromatic rings. The highest BCUT2D eigenvalue weighted by Gasteiger charge is 2.55. The van der Waals surface area contributed by atoms with Crippen molar-refractivity contribution < 1.29 is 14.3 Å². The number of nitrogens with one attached hydrogen (secondary N) is 1. The molecule has 17 heavy (non-hydrogen) atoms. The van der Waals surface area contributed by atoms with Crippen LogP contribution in [0, 0.1) is 11.3 Å². The molecule has 1 fully saturated rings. The van der Waals surface area contributed by atoms with E-state index in [1.54, 1.807) is 0 Å². The molecule has 1 unspecified atom stereocenters. The van der Waals surface area contributed by atoms with Gasteiger partial charge in [-0.05, 0) is 25.7 Å². The molecule has 1 N–H and O–H groups in total. The Bertz CT molecular complexity index is 293. The zero-order chi connectivity index (χ0) is 13.1. The van der Waals surface area contributed by atoms with Gasteiger partial charge in [0.25, 0.3) is 0 Å². The highest BCUT2D eigenvalue weighted by Crippen LogP contribution is 2.39. The van der Waals surface area contributed by atoms with Crippen LogP contribution in [0.15, 0.2) is 0 Å². The summed E-state index contributed by atoms with van der Waals surface area (Å²) in [6, 6.07) is 0. The summed E-state index contributed by atoms with van der Waals surface area (Å²) in [5.74, 6) is -0.241. The van der Waals surface area contributed by atoms with Crippen molar-refractivity contribution in [3.8, 4) is 0 Å². The van der Waals surface area contributed by atoms with E-state index in [0.717, 1.165) is 12.8 Å². The molecular weight excluding hydrogens is 218 g/mol. The normalized spacial score (nSPS) is 21.9. The van der Waals surface area contributed by atoms with E-state index >= 15 is 0 Å². The van der Waals surface area contributed by atoms with Gasteiger partial charge < -0.3 is 10.1 Å². The molecule has 4 heteroatoms. The SMILES string of the molecule is CCC(CC)C(=O)OC1NC(=O)C1(CC)CC. The number of esters is 1. The van der Waals surface area contributed by atoms with Gasteiger partial charge in [-0.25, -0.2) is 0 Å². The molecule has 0 bridgehead atoms. The fourth-order valence-corrected chi connectivity index (χ4v) is 2.36. The van der Waals surface area contributed by atoms with E-state index in [1.807, 2.05) is 27.7 Å². The molecule has 1 aliphatic heterocycles. The molecule has 1 heterocycles. The van der Waals surface area contributed by atoms with Gasteiger partial charge in [-0.1, -0.05) is 27.7 Å². The Morgan fingerprint density at radius 3 is 2.18 bits per heavy atom. The number of hydrogen-bond donors (Lipinski definition) is 1. The number of carbonyl (C=O) groups excluding carboxylic acids is 2. The van der Waals surface area contributed by atoms with Gasteiger partial charge in [-0.3, -0.25) is 9.59 Å². The Kier molecular flexibility index (Phi) is 4.54. The second kappa shape index (κ2) is 5.52. The summed E-state index contributed by atoms with van der Waals surface area (Å²) >= 11 is 0. The van der Waals surface area contributed by atoms with E-state index in [9.17, 15) is 9.59 Å². The number of amides is 1. The summed E-state index contributed by atoms with van der Waals surface area (Å²) in [4.78, 5) is 23.5. The average Bonchev–Trinajstić information content (AvgIpc) is 2.32. The molecule has 1 rings (SSSR count). The molecule has 1 saturated heterocycles. The van der Waals surface area contributed by atoms with Crippen molar-refractivity contribution in [3.63, 3.8) is 0 Å². The van der Waals surface area contributed by atoms with Crippen molar-refractivity contribution in [3.05, 3.63) is 0 Å². The van der Waals surface area contributed by atoms with Crippen LogP contribution in [0.5, 0.6) is 0 Å². The quantitative estimate of drug-likeness (QED) is 0.573. The average molecular weight is 241 g/mol. The monoisotopic (exact) mass is 241 g/mol. The third-order valence-electron chi connectivity index (χ3n) is 4.03. The lowest BCUT2D eigenvalue weighted by atomic mass is 9.73. The Morgan fingerprint density at radius 2 is 1.82 bits per heavy atom. The van der Waals surface area contributed by atoms with E-state index < -0.39 is 11.6 Å². The predicted molar refractivity (Wildman–Crippen MR) is 65.1 cm³/mol. The van der Waals surface area contributed by atoms with E-state index in [-0.39, 0.29) is 17.8 Å². The Labute approximate surface area is 103 Å². The van der Waals surface area contributed by atoms with Gasteiger partial charge in [0.05, 0.1) is 5.92 Å². The Balaban J connectivity index is 2.64. The lowest BCUT2D eigenvalue weighted by Gasteiger charge is -2.46. The van der Waals surface area contributed by atoms with Crippen LogP contribution in [0.4, 0.5) is 0 Å². The summed E-state index contributed by atoms with van der Waals surface area (Å²) in [6.45, 7) is 7.86. The summed E-state index contributed by atoms with van der Waals surface area (Å²) in [5.41, 5.74) is -0.498. The van der Waals surface area contributed by atoms with Gasteiger partial charge in [0.15, 0.2) is 6.23 Å². The van der Waals surface area contributed by atoms with Crippen molar-refractivity contribution in [1.29, 1.82) is 0 Å². The standard InChI is InChI=1S/C13H23NO3/c1-5-9(6-2)10(15)17-12-13(7-3,8-4)11(16)14-12/h9,12H,5-8H2,1-4H3,(H,14,16). The number of carbonyl (C=O) groups is 2. The fourth-order valence-electron chi connectivity index (χ4n) is 2.36. The van der Waals surface area contributed by atoms with Gasteiger partial charge in [0, 0.05) is 0 Å². The fraction of sp³-hybridized carbons (Fsp3) is 0.846. The number of β-lactam (4-membered cyclic amide) rings is 1. The van der Waals surface area contributed by atoms with Gasteiger partial charge in [-0.15, -0.1) is 0 Å². The molecular formula is C13H23NO3. The van der Waals surface area contributed by atoms with Crippen LogP contribution in [0.25, 0.3) is 0 Å². The predicted octanol–water partition coefficient (Wildman–Crippen LogP) is 2.23. The van der Waals surface area contributed by atoms with Gasteiger partial charge in [0.1, 0.15) is 5.41 Å². The smallest absolute Gasteiger partial charge is 0.310 e. The van der Waals surface area contributed by atoms with Crippen molar-refractivity contribution in [2.45, 2.75) is 59.6 Å². The van der Waals surface area contributed by atoms with E-state index in [0.29, 0.717) is 12.8 Å². The molecule has 1 atom stereocenters. The molecule has 98 valence electrons. The van der Waals surface area contributed by atoms with Gasteiger partial charge in [0.2, 0.25) is 5.91 Å². The summed E-state index contributed by atoms with van der Waals surface area (Å²) in [7, 11) is 0. The van der Waals surface area contributed by atoms with Crippen LogP contribution < -0.4 is 5.32 Å². The topological polar surface area (TPSA) is 55.4 Å². The largest absolute Gasteiger partial charge is 0.440 e.